The third-order valence-corrected chi connectivity index (χ3v) is 2.75. The van der Waals surface area contributed by atoms with E-state index in [1.165, 1.54) is 24.4 Å². The molecule has 1 heterocycles. The van der Waals surface area contributed by atoms with Gasteiger partial charge in [0.1, 0.15) is 11.5 Å². The summed E-state index contributed by atoms with van der Waals surface area (Å²) >= 11 is 5.65. The smallest absolute Gasteiger partial charge is 0.185 e. The molecule has 0 aliphatic carbocycles. The summed E-state index contributed by atoms with van der Waals surface area (Å²) in [6.07, 6.45) is 1.31. The molecule has 3 nitrogen and oxygen atoms in total. The molecule has 0 saturated carbocycles. The average Bonchev–Trinajstić information content (AvgIpc) is 2.36. The van der Waals surface area contributed by atoms with Crippen molar-refractivity contribution in [3.8, 4) is 0 Å². The van der Waals surface area contributed by atoms with Gasteiger partial charge >= 0.3 is 0 Å². The van der Waals surface area contributed by atoms with Crippen LogP contribution in [0.5, 0.6) is 0 Å². The Morgan fingerprint density at radius 2 is 2.11 bits per heavy atom. The quantitative estimate of drug-likeness (QED) is 0.868. The molecular weight excluding hydrogens is 255 g/mol. The number of hydrogen-bond acceptors (Lipinski definition) is 3. The first-order valence-corrected chi connectivity index (χ1v) is 5.63. The minimum atomic E-state index is -0.567. The predicted octanol–water partition coefficient (Wildman–Crippen LogP) is 2.88. The lowest BCUT2D eigenvalue weighted by molar-refractivity contribution is 0.0987. The summed E-state index contributed by atoms with van der Waals surface area (Å²) in [6, 6.07) is 7.65. The van der Waals surface area contributed by atoms with Gasteiger partial charge in [0.15, 0.2) is 5.78 Å². The highest BCUT2D eigenvalue weighted by molar-refractivity contribution is 6.30. The van der Waals surface area contributed by atoms with Crippen molar-refractivity contribution in [1.29, 1.82) is 0 Å². The molecule has 1 aromatic carbocycles. The highest BCUT2D eigenvalue weighted by Gasteiger charge is 2.13. The number of Topliss-reactive ketones (excluding diaryl/α,β-unsaturated/α-hetero) is 1. The monoisotopic (exact) mass is 264 g/mol. The number of rotatable bonds is 3. The zero-order valence-electron chi connectivity index (χ0n) is 9.36. The summed E-state index contributed by atoms with van der Waals surface area (Å²) < 4.78 is 13.6. The Bertz CT molecular complexity index is 584. The zero-order valence-corrected chi connectivity index (χ0v) is 10.1. The van der Waals surface area contributed by atoms with Crippen molar-refractivity contribution < 1.29 is 9.18 Å². The van der Waals surface area contributed by atoms with E-state index in [9.17, 15) is 9.18 Å². The molecular formula is C13H10ClFN2O. The van der Waals surface area contributed by atoms with Crippen molar-refractivity contribution in [3.05, 3.63) is 58.6 Å². The summed E-state index contributed by atoms with van der Waals surface area (Å²) in [5.41, 5.74) is 6.45. The fourth-order valence-electron chi connectivity index (χ4n) is 1.52. The Morgan fingerprint density at radius 1 is 1.33 bits per heavy atom. The van der Waals surface area contributed by atoms with E-state index in [-0.39, 0.29) is 28.5 Å². The van der Waals surface area contributed by atoms with E-state index in [1.54, 1.807) is 12.1 Å². The number of hydrogen-bond donors (Lipinski definition) is 1. The Morgan fingerprint density at radius 3 is 2.78 bits per heavy atom. The standard InChI is InChI=1S/C13H10ClFN2O/c14-10-3-1-2-8(13(10)15)6-12(18)11-5-4-9(16)7-17-11/h1-5,7H,6,16H2. The number of aromatic nitrogens is 1. The Kier molecular flexibility index (Phi) is 3.58. The third-order valence-electron chi connectivity index (χ3n) is 2.45. The van der Waals surface area contributed by atoms with E-state index in [1.807, 2.05) is 0 Å². The molecule has 2 aromatic rings. The van der Waals surface area contributed by atoms with Crippen molar-refractivity contribution >= 4 is 23.1 Å². The van der Waals surface area contributed by atoms with Gasteiger partial charge in [0.25, 0.3) is 0 Å². The van der Waals surface area contributed by atoms with E-state index in [0.29, 0.717) is 5.69 Å². The second-order valence-electron chi connectivity index (χ2n) is 3.79. The summed E-state index contributed by atoms with van der Waals surface area (Å²) in [6.45, 7) is 0. The first kappa shape index (κ1) is 12.5. The minimum absolute atomic E-state index is 0.00515. The topological polar surface area (TPSA) is 56.0 Å². The van der Waals surface area contributed by atoms with Gasteiger partial charge in [0.05, 0.1) is 16.9 Å². The maximum Gasteiger partial charge on any atom is 0.185 e. The number of benzene rings is 1. The van der Waals surface area contributed by atoms with Gasteiger partial charge in [-0.2, -0.15) is 0 Å². The summed E-state index contributed by atoms with van der Waals surface area (Å²) in [5, 5.41) is 0.00515. The molecule has 2 rings (SSSR count). The van der Waals surface area contributed by atoms with Gasteiger partial charge in [-0.15, -0.1) is 0 Å². The van der Waals surface area contributed by atoms with Crippen molar-refractivity contribution in [3.63, 3.8) is 0 Å². The number of anilines is 1. The van der Waals surface area contributed by atoms with E-state index in [2.05, 4.69) is 4.98 Å². The molecule has 0 saturated heterocycles. The van der Waals surface area contributed by atoms with Crippen LogP contribution in [0.4, 0.5) is 10.1 Å². The first-order chi connectivity index (χ1) is 8.58. The van der Waals surface area contributed by atoms with Gasteiger partial charge in [-0.05, 0) is 23.8 Å². The van der Waals surface area contributed by atoms with Crippen LogP contribution in [0.2, 0.25) is 5.02 Å². The molecule has 0 aliphatic rings. The molecule has 18 heavy (non-hydrogen) atoms. The van der Waals surface area contributed by atoms with Crippen molar-refractivity contribution in [2.45, 2.75) is 6.42 Å². The Hall–Kier alpha value is -1.94. The number of nitrogen functional groups attached to an aromatic ring is 1. The van der Waals surface area contributed by atoms with Crippen LogP contribution in [-0.4, -0.2) is 10.8 Å². The largest absolute Gasteiger partial charge is 0.397 e. The summed E-state index contributed by atoms with van der Waals surface area (Å²) in [5.74, 6) is -0.848. The van der Waals surface area contributed by atoms with Gasteiger partial charge in [0.2, 0.25) is 0 Å². The molecule has 0 atom stereocenters. The molecule has 1 aromatic heterocycles. The van der Waals surface area contributed by atoms with Gasteiger partial charge < -0.3 is 5.73 Å². The number of halogens is 2. The van der Waals surface area contributed by atoms with Crippen LogP contribution in [0, 0.1) is 5.82 Å². The van der Waals surface area contributed by atoms with Crippen LogP contribution < -0.4 is 5.73 Å². The van der Waals surface area contributed by atoms with Crippen molar-refractivity contribution in [2.75, 3.05) is 5.73 Å². The van der Waals surface area contributed by atoms with Crippen LogP contribution in [-0.2, 0) is 6.42 Å². The third kappa shape index (κ3) is 2.65. The second-order valence-corrected chi connectivity index (χ2v) is 4.20. The van der Waals surface area contributed by atoms with E-state index in [0.717, 1.165) is 0 Å². The summed E-state index contributed by atoms with van der Waals surface area (Å²) in [7, 11) is 0. The number of nitrogens with zero attached hydrogens (tertiary/aromatic N) is 1. The molecule has 2 N–H and O–H groups in total. The van der Waals surface area contributed by atoms with Crippen LogP contribution in [0.15, 0.2) is 36.5 Å². The maximum absolute atomic E-state index is 13.6. The lowest BCUT2D eigenvalue weighted by atomic mass is 10.1. The van der Waals surface area contributed by atoms with E-state index < -0.39 is 5.82 Å². The molecule has 0 amide bonds. The predicted molar refractivity (Wildman–Crippen MR) is 68.1 cm³/mol. The zero-order chi connectivity index (χ0) is 13.1. The number of ketones is 1. The van der Waals surface area contributed by atoms with Crippen LogP contribution in [0.1, 0.15) is 16.1 Å². The van der Waals surface area contributed by atoms with Gasteiger partial charge in [-0.3, -0.25) is 9.78 Å². The van der Waals surface area contributed by atoms with Gasteiger partial charge in [-0.1, -0.05) is 23.7 Å². The van der Waals surface area contributed by atoms with Crippen LogP contribution in [0.25, 0.3) is 0 Å². The molecule has 0 radical (unpaired) electrons. The van der Waals surface area contributed by atoms with Crippen molar-refractivity contribution in [2.24, 2.45) is 0 Å². The van der Waals surface area contributed by atoms with E-state index in [4.69, 9.17) is 17.3 Å². The minimum Gasteiger partial charge on any atom is -0.397 e. The molecule has 0 bridgehead atoms. The molecule has 0 aliphatic heterocycles. The highest BCUT2D eigenvalue weighted by Crippen LogP contribution is 2.19. The fraction of sp³-hybridized carbons (Fsp3) is 0.0769. The number of carbonyl (C=O) groups is 1. The fourth-order valence-corrected chi connectivity index (χ4v) is 1.71. The average molecular weight is 265 g/mol. The lowest BCUT2D eigenvalue weighted by Crippen LogP contribution is -2.07. The normalized spacial score (nSPS) is 10.3. The molecule has 5 heteroatoms. The Labute approximate surface area is 108 Å². The first-order valence-electron chi connectivity index (χ1n) is 5.25. The molecule has 0 fully saturated rings. The summed E-state index contributed by atoms with van der Waals surface area (Å²) in [4.78, 5) is 15.8. The maximum atomic E-state index is 13.6. The molecule has 0 unspecified atom stereocenters. The lowest BCUT2D eigenvalue weighted by Gasteiger charge is -2.04. The van der Waals surface area contributed by atoms with Gasteiger partial charge in [0, 0.05) is 6.42 Å². The van der Waals surface area contributed by atoms with Crippen LogP contribution in [0.3, 0.4) is 0 Å². The van der Waals surface area contributed by atoms with Crippen molar-refractivity contribution in [1.82, 2.24) is 4.98 Å². The van der Waals surface area contributed by atoms with E-state index >= 15 is 0 Å². The van der Waals surface area contributed by atoms with Crippen LogP contribution >= 0.6 is 11.6 Å². The molecule has 92 valence electrons. The number of pyridine rings is 1. The number of carbonyl (C=O) groups excluding carboxylic acids is 1. The highest BCUT2D eigenvalue weighted by atomic mass is 35.5. The second kappa shape index (κ2) is 5.14. The Balaban J connectivity index is 2.21. The van der Waals surface area contributed by atoms with Gasteiger partial charge in [-0.25, -0.2) is 4.39 Å². The molecule has 0 spiro atoms. The number of nitrogens with two attached hydrogens (primary N) is 1. The SMILES string of the molecule is Nc1ccc(C(=O)Cc2cccc(Cl)c2F)nc1.